The summed E-state index contributed by atoms with van der Waals surface area (Å²) in [5.74, 6) is -0.692. The van der Waals surface area contributed by atoms with Gasteiger partial charge in [-0.15, -0.1) is 0 Å². The van der Waals surface area contributed by atoms with E-state index in [9.17, 15) is 8.78 Å². The van der Waals surface area contributed by atoms with Gasteiger partial charge in [0.2, 0.25) is 0 Å². The van der Waals surface area contributed by atoms with E-state index in [1.807, 2.05) is 0 Å². The Bertz CT molecular complexity index is 366. The first-order valence-electron chi connectivity index (χ1n) is 5.32. The van der Waals surface area contributed by atoms with Crippen molar-refractivity contribution in [1.29, 1.82) is 0 Å². The molecule has 0 saturated heterocycles. The minimum atomic E-state index is -0.627. The van der Waals surface area contributed by atoms with Gasteiger partial charge in [-0.05, 0) is 30.9 Å². The Labute approximate surface area is 99.6 Å². The van der Waals surface area contributed by atoms with Gasteiger partial charge in [0, 0.05) is 11.6 Å². The Morgan fingerprint density at radius 1 is 1.19 bits per heavy atom. The first-order chi connectivity index (χ1) is 7.43. The quantitative estimate of drug-likeness (QED) is 0.798. The fraction of sp³-hybridized carbons (Fsp3) is 0.500. The second-order valence-corrected chi connectivity index (χ2v) is 4.71. The van der Waals surface area contributed by atoms with E-state index >= 15 is 0 Å². The van der Waals surface area contributed by atoms with Crippen LogP contribution in [0, 0.1) is 17.6 Å². The first-order valence-corrected chi connectivity index (χ1v) is 5.70. The van der Waals surface area contributed by atoms with Crippen molar-refractivity contribution in [3.63, 3.8) is 0 Å². The molecule has 0 spiro atoms. The van der Waals surface area contributed by atoms with Crippen molar-refractivity contribution in [3.8, 4) is 0 Å². The molecule has 1 nitrogen and oxygen atoms in total. The van der Waals surface area contributed by atoms with Gasteiger partial charge in [-0.1, -0.05) is 25.4 Å². The summed E-state index contributed by atoms with van der Waals surface area (Å²) in [5.41, 5.74) is 5.91. The zero-order valence-corrected chi connectivity index (χ0v) is 10.2. The second kappa shape index (κ2) is 5.60. The SMILES string of the molecule is CC(C)CC[C@@H](N)c1c(F)ccc(F)c1Cl. The van der Waals surface area contributed by atoms with E-state index in [1.165, 1.54) is 0 Å². The highest BCUT2D eigenvalue weighted by Gasteiger charge is 2.18. The molecule has 0 unspecified atom stereocenters. The topological polar surface area (TPSA) is 26.0 Å². The predicted octanol–water partition coefficient (Wildman–Crippen LogP) is 4.05. The molecule has 0 aliphatic rings. The number of hydrogen-bond donors (Lipinski definition) is 1. The maximum atomic E-state index is 13.5. The normalized spacial score (nSPS) is 13.2. The summed E-state index contributed by atoms with van der Waals surface area (Å²) in [6.07, 6.45) is 1.45. The number of hydrogen-bond acceptors (Lipinski definition) is 1. The van der Waals surface area contributed by atoms with Crippen LogP contribution in [0.2, 0.25) is 5.02 Å². The first kappa shape index (κ1) is 13.4. The summed E-state index contributed by atoms with van der Waals surface area (Å²) < 4.78 is 26.6. The van der Waals surface area contributed by atoms with Gasteiger partial charge in [0.15, 0.2) is 0 Å². The lowest BCUT2D eigenvalue weighted by Crippen LogP contribution is -2.14. The van der Waals surface area contributed by atoms with Crippen LogP contribution >= 0.6 is 11.6 Å². The largest absolute Gasteiger partial charge is 0.324 e. The van der Waals surface area contributed by atoms with Crippen LogP contribution in [0.25, 0.3) is 0 Å². The molecule has 1 atom stereocenters. The van der Waals surface area contributed by atoms with Gasteiger partial charge in [0.05, 0.1) is 5.02 Å². The van der Waals surface area contributed by atoms with Gasteiger partial charge in [0.25, 0.3) is 0 Å². The van der Waals surface area contributed by atoms with E-state index in [0.717, 1.165) is 18.6 Å². The molecule has 0 heterocycles. The summed E-state index contributed by atoms with van der Waals surface area (Å²) in [6, 6.07) is 1.52. The van der Waals surface area contributed by atoms with Crippen LogP contribution in [0.5, 0.6) is 0 Å². The fourth-order valence-electron chi connectivity index (χ4n) is 1.54. The van der Waals surface area contributed by atoms with Gasteiger partial charge < -0.3 is 5.73 Å². The number of halogens is 3. The van der Waals surface area contributed by atoms with Gasteiger partial charge in [0.1, 0.15) is 11.6 Å². The lowest BCUT2D eigenvalue weighted by molar-refractivity contribution is 0.487. The van der Waals surface area contributed by atoms with E-state index in [0.29, 0.717) is 12.3 Å². The van der Waals surface area contributed by atoms with Crippen molar-refractivity contribution >= 4 is 11.6 Å². The fourth-order valence-corrected chi connectivity index (χ4v) is 1.83. The molecule has 4 heteroatoms. The maximum Gasteiger partial charge on any atom is 0.142 e. The molecule has 0 radical (unpaired) electrons. The van der Waals surface area contributed by atoms with E-state index in [2.05, 4.69) is 13.8 Å². The van der Waals surface area contributed by atoms with Gasteiger partial charge in [-0.3, -0.25) is 0 Å². The lowest BCUT2D eigenvalue weighted by atomic mass is 9.98. The molecular weight excluding hydrogens is 232 g/mol. The summed E-state index contributed by atoms with van der Waals surface area (Å²) >= 11 is 5.71. The Morgan fingerprint density at radius 3 is 2.31 bits per heavy atom. The molecule has 0 aliphatic carbocycles. The van der Waals surface area contributed by atoms with Crippen LogP contribution in [0.15, 0.2) is 12.1 Å². The van der Waals surface area contributed by atoms with Crippen LogP contribution in [-0.4, -0.2) is 0 Å². The van der Waals surface area contributed by atoms with E-state index in [1.54, 1.807) is 0 Å². The summed E-state index contributed by atoms with van der Waals surface area (Å²) in [7, 11) is 0. The molecule has 0 aliphatic heterocycles. The van der Waals surface area contributed by atoms with E-state index in [4.69, 9.17) is 17.3 Å². The average Bonchev–Trinajstić information content (AvgIpc) is 2.21. The van der Waals surface area contributed by atoms with Crippen molar-refractivity contribution in [2.24, 2.45) is 11.7 Å². The molecule has 0 aromatic heterocycles. The molecule has 0 bridgehead atoms. The van der Waals surface area contributed by atoms with Crippen LogP contribution in [-0.2, 0) is 0 Å². The molecule has 1 rings (SSSR count). The average molecular weight is 248 g/mol. The van der Waals surface area contributed by atoms with Crippen molar-refractivity contribution in [3.05, 3.63) is 34.4 Å². The molecule has 2 N–H and O–H groups in total. The Kier molecular flexibility index (Phi) is 4.69. The molecule has 1 aromatic rings. The third-order valence-electron chi connectivity index (χ3n) is 2.51. The third kappa shape index (κ3) is 3.16. The standard InChI is InChI=1S/C12H16ClF2N/c1-7(2)3-6-10(16)11-8(14)4-5-9(15)12(11)13/h4-5,7,10H,3,6,16H2,1-2H3/t10-/m1/s1. The highest BCUT2D eigenvalue weighted by atomic mass is 35.5. The van der Waals surface area contributed by atoms with E-state index < -0.39 is 17.7 Å². The van der Waals surface area contributed by atoms with Gasteiger partial charge in [-0.25, -0.2) is 8.78 Å². The molecule has 0 amide bonds. The van der Waals surface area contributed by atoms with Crippen LogP contribution in [0.4, 0.5) is 8.78 Å². The molecule has 0 fully saturated rings. The molecule has 1 aromatic carbocycles. The summed E-state index contributed by atoms with van der Waals surface area (Å²) in [4.78, 5) is 0. The highest BCUT2D eigenvalue weighted by Crippen LogP contribution is 2.30. The van der Waals surface area contributed by atoms with Crippen molar-refractivity contribution in [2.45, 2.75) is 32.7 Å². The minimum absolute atomic E-state index is 0.0855. The maximum absolute atomic E-state index is 13.5. The lowest BCUT2D eigenvalue weighted by Gasteiger charge is -2.16. The van der Waals surface area contributed by atoms with Gasteiger partial charge >= 0.3 is 0 Å². The van der Waals surface area contributed by atoms with Crippen LogP contribution in [0.3, 0.4) is 0 Å². The second-order valence-electron chi connectivity index (χ2n) is 4.33. The summed E-state index contributed by atoms with van der Waals surface area (Å²) in [5, 5.41) is -0.198. The Morgan fingerprint density at radius 2 is 1.75 bits per heavy atom. The third-order valence-corrected chi connectivity index (χ3v) is 2.89. The van der Waals surface area contributed by atoms with Crippen molar-refractivity contribution in [2.75, 3.05) is 0 Å². The Balaban J connectivity index is 2.90. The number of nitrogens with two attached hydrogens (primary N) is 1. The summed E-state index contributed by atoms with van der Waals surface area (Å²) in [6.45, 7) is 4.10. The van der Waals surface area contributed by atoms with Gasteiger partial charge in [-0.2, -0.15) is 0 Å². The molecule has 0 saturated carbocycles. The predicted molar refractivity (Wildman–Crippen MR) is 62.4 cm³/mol. The van der Waals surface area contributed by atoms with E-state index in [-0.39, 0.29) is 10.6 Å². The van der Waals surface area contributed by atoms with Crippen molar-refractivity contribution < 1.29 is 8.78 Å². The Hall–Kier alpha value is -0.670. The monoisotopic (exact) mass is 247 g/mol. The van der Waals surface area contributed by atoms with Crippen LogP contribution in [0.1, 0.15) is 38.3 Å². The highest BCUT2D eigenvalue weighted by molar-refractivity contribution is 6.31. The zero-order valence-electron chi connectivity index (χ0n) is 9.43. The van der Waals surface area contributed by atoms with Crippen molar-refractivity contribution in [1.82, 2.24) is 0 Å². The molecule has 90 valence electrons. The number of benzene rings is 1. The molecule has 16 heavy (non-hydrogen) atoms. The van der Waals surface area contributed by atoms with Crippen LogP contribution < -0.4 is 5.73 Å². The smallest absolute Gasteiger partial charge is 0.142 e. The number of rotatable bonds is 4. The minimum Gasteiger partial charge on any atom is -0.324 e. The molecular formula is C12H16ClF2N. The zero-order chi connectivity index (χ0) is 12.3.